The van der Waals surface area contributed by atoms with Crippen molar-refractivity contribution in [3.05, 3.63) is 12.2 Å². The van der Waals surface area contributed by atoms with Gasteiger partial charge in [-0.25, -0.2) is 0 Å². The molecule has 0 aromatic heterocycles. The number of aliphatic carboxylic acids is 1. The minimum Gasteiger partial charge on any atom is -0.481 e. The third kappa shape index (κ3) is 4.98. The highest BCUT2D eigenvalue weighted by Crippen LogP contribution is 2.31. The molecule has 4 heteroatoms. The first-order chi connectivity index (χ1) is 6.97. The van der Waals surface area contributed by atoms with Crippen LogP contribution in [-0.4, -0.2) is 21.6 Å². The molecule has 0 amide bonds. The van der Waals surface area contributed by atoms with Crippen molar-refractivity contribution in [2.45, 2.75) is 42.6 Å². The van der Waals surface area contributed by atoms with Gasteiger partial charge in [-0.15, -0.1) is 0 Å². The number of thiol groups is 2. The first-order valence-electron chi connectivity index (χ1n) is 5.22. The quantitative estimate of drug-likeness (QED) is 0.518. The number of carboxylic acids is 1. The zero-order valence-corrected chi connectivity index (χ0v) is 10.5. The summed E-state index contributed by atoms with van der Waals surface area (Å²) >= 11 is 8.94. The maximum absolute atomic E-state index is 10.7. The summed E-state index contributed by atoms with van der Waals surface area (Å²) in [6.07, 6.45) is 3.71. The second-order valence-corrected chi connectivity index (χ2v) is 5.86. The van der Waals surface area contributed by atoms with Crippen LogP contribution < -0.4 is 0 Å². The molecule has 1 fully saturated rings. The monoisotopic (exact) mass is 246 g/mol. The molecule has 86 valence electrons. The minimum absolute atomic E-state index is 0.209. The molecule has 1 aliphatic carbocycles. The average Bonchev–Trinajstić information content (AvgIpc) is 1.98. The Morgan fingerprint density at radius 3 is 2.20 bits per heavy atom. The zero-order valence-electron chi connectivity index (χ0n) is 8.72. The maximum Gasteiger partial charge on any atom is 0.303 e. The summed E-state index contributed by atoms with van der Waals surface area (Å²) in [5, 5.41) is 9.29. The second kappa shape index (κ2) is 5.85. The van der Waals surface area contributed by atoms with Crippen molar-refractivity contribution >= 4 is 31.2 Å². The lowest BCUT2D eigenvalue weighted by atomic mass is 9.87. The Kier molecular flexibility index (Phi) is 5.06. The third-order valence-corrected chi connectivity index (χ3v) is 3.51. The van der Waals surface area contributed by atoms with E-state index in [2.05, 4.69) is 31.8 Å². The summed E-state index contributed by atoms with van der Waals surface area (Å²) in [7, 11) is 0. The Hall–Kier alpha value is -0.0900. The molecule has 0 heterocycles. The SMILES string of the molecule is C=C1CC(S)CC(CC(=O)O)CC(S)C1. The van der Waals surface area contributed by atoms with Gasteiger partial charge in [0.1, 0.15) is 0 Å². The molecule has 2 unspecified atom stereocenters. The fourth-order valence-corrected chi connectivity index (χ4v) is 3.31. The molecule has 1 saturated carbocycles. The van der Waals surface area contributed by atoms with E-state index < -0.39 is 5.97 Å². The van der Waals surface area contributed by atoms with E-state index in [4.69, 9.17) is 5.11 Å². The topological polar surface area (TPSA) is 37.3 Å². The van der Waals surface area contributed by atoms with E-state index in [9.17, 15) is 4.79 Å². The van der Waals surface area contributed by atoms with Gasteiger partial charge in [0.2, 0.25) is 0 Å². The number of carboxylic acid groups (broad SMARTS) is 1. The lowest BCUT2D eigenvalue weighted by Crippen LogP contribution is -2.21. The Labute approximate surface area is 102 Å². The van der Waals surface area contributed by atoms with Gasteiger partial charge in [0.25, 0.3) is 0 Å². The van der Waals surface area contributed by atoms with E-state index in [0.717, 1.165) is 25.7 Å². The summed E-state index contributed by atoms with van der Waals surface area (Å²) in [5.74, 6) is -0.513. The first-order valence-corrected chi connectivity index (χ1v) is 6.25. The molecule has 0 spiro atoms. The van der Waals surface area contributed by atoms with Gasteiger partial charge in [-0.2, -0.15) is 25.3 Å². The molecule has 2 nitrogen and oxygen atoms in total. The van der Waals surface area contributed by atoms with Crippen LogP contribution in [0, 0.1) is 5.92 Å². The molecular weight excluding hydrogens is 228 g/mol. The number of carbonyl (C=O) groups is 1. The smallest absolute Gasteiger partial charge is 0.303 e. The van der Waals surface area contributed by atoms with Gasteiger partial charge in [-0.1, -0.05) is 12.2 Å². The highest BCUT2D eigenvalue weighted by Gasteiger charge is 2.23. The van der Waals surface area contributed by atoms with Gasteiger partial charge in [-0.05, 0) is 31.6 Å². The molecule has 0 aromatic rings. The fraction of sp³-hybridized carbons (Fsp3) is 0.727. The van der Waals surface area contributed by atoms with Crippen LogP contribution >= 0.6 is 25.3 Å². The summed E-state index contributed by atoms with van der Waals surface area (Å²) in [6.45, 7) is 3.99. The van der Waals surface area contributed by atoms with Crippen LogP contribution in [0.25, 0.3) is 0 Å². The fourth-order valence-electron chi connectivity index (χ4n) is 2.20. The number of hydrogen-bond donors (Lipinski definition) is 3. The van der Waals surface area contributed by atoms with Crippen molar-refractivity contribution in [2.75, 3.05) is 0 Å². The molecular formula is C11H18O2S2. The second-order valence-electron chi connectivity index (χ2n) is 4.40. The first kappa shape index (κ1) is 13.0. The summed E-state index contributed by atoms with van der Waals surface area (Å²) < 4.78 is 0. The molecule has 0 saturated heterocycles. The van der Waals surface area contributed by atoms with Crippen LogP contribution in [-0.2, 0) is 4.79 Å². The third-order valence-electron chi connectivity index (χ3n) is 2.72. The van der Waals surface area contributed by atoms with E-state index in [1.54, 1.807) is 0 Å². The number of allylic oxidation sites excluding steroid dienone is 1. The largest absolute Gasteiger partial charge is 0.481 e. The van der Waals surface area contributed by atoms with Crippen LogP contribution in [0.5, 0.6) is 0 Å². The average molecular weight is 246 g/mol. The summed E-state index contributed by atoms with van der Waals surface area (Å²) in [5.41, 5.74) is 1.18. The molecule has 0 aliphatic heterocycles. The van der Waals surface area contributed by atoms with Crippen molar-refractivity contribution in [1.82, 2.24) is 0 Å². The van der Waals surface area contributed by atoms with E-state index >= 15 is 0 Å². The molecule has 2 atom stereocenters. The van der Waals surface area contributed by atoms with Crippen molar-refractivity contribution < 1.29 is 9.90 Å². The van der Waals surface area contributed by atoms with E-state index in [0.29, 0.717) is 0 Å². The van der Waals surface area contributed by atoms with Crippen molar-refractivity contribution in [3.63, 3.8) is 0 Å². The van der Waals surface area contributed by atoms with E-state index in [1.165, 1.54) is 5.57 Å². The normalized spacial score (nSPS) is 33.2. The Balaban J connectivity index is 2.57. The van der Waals surface area contributed by atoms with Crippen LogP contribution in [0.1, 0.15) is 32.1 Å². The highest BCUT2D eigenvalue weighted by atomic mass is 32.1. The molecule has 1 N–H and O–H groups in total. The van der Waals surface area contributed by atoms with Gasteiger partial charge in [0.15, 0.2) is 0 Å². The van der Waals surface area contributed by atoms with Gasteiger partial charge in [0, 0.05) is 16.9 Å². The van der Waals surface area contributed by atoms with E-state index in [-0.39, 0.29) is 22.8 Å². The lowest BCUT2D eigenvalue weighted by Gasteiger charge is -2.26. The Morgan fingerprint density at radius 1 is 1.33 bits per heavy atom. The van der Waals surface area contributed by atoms with Gasteiger partial charge in [0.05, 0.1) is 0 Å². The van der Waals surface area contributed by atoms with Crippen molar-refractivity contribution in [3.8, 4) is 0 Å². The number of rotatable bonds is 2. The predicted molar refractivity (Wildman–Crippen MR) is 68.9 cm³/mol. The van der Waals surface area contributed by atoms with Crippen molar-refractivity contribution in [2.24, 2.45) is 5.92 Å². The zero-order chi connectivity index (χ0) is 11.4. The Morgan fingerprint density at radius 2 is 1.80 bits per heavy atom. The maximum atomic E-state index is 10.7. The van der Waals surface area contributed by atoms with Crippen molar-refractivity contribution in [1.29, 1.82) is 0 Å². The minimum atomic E-state index is -0.722. The molecule has 15 heavy (non-hydrogen) atoms. The van der Waals surface area contributed by atoms with Gasteiger partial charge >= 0.3 is 5.97 Å². The summed E-state index contributed by atoms with van der Waals surface area (Å²) in [4.78, 5) is 10.7. The molecule has 0 radical (unpaired) electrons. The molecule has 0 bridgehead atoms. The van der Waals surface area contributed by atoms with Gasteiger partial charge < -0.3 is 5.11 Å². The molecule has 1 rings (SSSR count). The van der Waals surface area contributed by atoms with Crippen LogP contribution in [0.3, 0.4) is 0 Å². The molecule has 0 aromatic carbocycles. The Bertz CT molecular complexity index is 237. The predicted octanol–water partition coefficient (Wildman–Crippen LogP) is 2.80. The summed E-state index contributed by atoms with van der Waals surface area (Å²) in [6, 6.07) is 0. The van der Waals surface area contributed by atoms with E-state index in [1.807, 2.05) is 0 Å². The number of hydrogen-bond acceptors (Lipinski definition) is 3. The van der Waals surface area contributed by atoms with Crippen LogP contribution in [0.4, 0.5) is 0 Å². The standard InChI is InChI=1S/C11H18O2S2/c1-7-2-9(14)4-8(6-11(12)13)5-10(15)3-7/h8-10,14-15H,1-6H2,(H,12,13). The molecule has 1 aliphatic rings. The van der Waals surface area contributed by atoms with Gasteiger partial charge in [-0.3, -0.25) is 4.79 Å². The van der Waals surface area contributed by atoms with Crippen LogP contribution in [0.15, 0.2) is 12.2 Å². The van der Waals surface area contributed by atoms with Crippen LogP contribution in [0.2, 0.25) is 0 Å². The highest BCUT2D eigenvalue weighted by molar-refractivity contribution is 7.81. The lowest BCUT2D eigenvalue weighted by molar-refractivity contribution is -0.138.